The fraction of sp³-hybridized carbons (Fsp3) is 0.500. The fourth-order valence-corrected chi connectivity index (χ4v) is 3.13. The molecule has 1 aliphatic rings. The number of rotatable bonds is 6. The van der Waals surface area contributed by atoms with Gasteiger partial charge in [-0.3, -0.25) is 4.79 Å². The van der Waals surface area contributed by atoms with Crippen LogP contribution in [0.1, 0.15) is 25.3 Å². The molecular formula is C18H20F3N7O2. The zero-order valence-electron chi connectivity index (χ0n) is 16.2. The van der Waals surface area contributed by atoms with Crippen LogP contribution in [0.15, 0.2) is 40.6 Å². The quantitative estimate of drug-likeness (QED) is 0.402. The Morgan fingerprint density at radius 3 is 2.57 bits per heavy atom. The van der Waals surface area contributed by atoms with E-state index in [1.54, 1.807) is 19.2 Å². The monoisotopic (exact) mass is 423 g/mol. The molecule has 0 unspecified atom stereocenters. The number of pyridine rings is 1. The van der Waals surface area contributed by atoms with Crippen molar-refractivity contribution >= 4 is 5.95 Å². The predicted molar refractivity (Wildman–Crippen MR) is 102 cm³/mol. The first-order chi connectivity index (χ1) is 14.3. The van der Waals surface area contributed by atoms with Gasteiger partial charge in [-0.1, -0.05) is 12.0 Å². The lowest BCUT2D eigenvalue weighted by Gasteiger charge is -2.32. The van der Waals surface area contributed by atoms with Gasteiger partial charge in [0.15, 0.2) is 0 Å². The van der Waals surface area contributed by atoms with Crippen molar-refractivity contribution in [3.8, 4) is 5.75 Å². The molecule has 1 atom stereocenters. The van der Waals surface area contributed by atoms with Gasteiger partial charge >= 0.3 is 6.18 Å². The first-order valence-electron chi connectivity index (χ1n) is 9.32. The third-order valence-electron chi connectivity index (χ3n) is 4.66. The number of nitrogens with zero attached hydrogens (tertiary/aromatic N) is 7. The van der Waals surface area contributed by atoms with E-state index in [-0.39, 0.29) is 30.2 Å². The largest absolute Gasteiger partial charge is 0.489 e. The minimum atomic E-state index is -4.46. The van der Waals surface area contributed by atoms with Gasteiger partial charge in [-0.25, -0.2) is 9.97 Å². The first-order valence-corrected chi connectivity index (χ1v) is 9.32. The van der Waals surface area contributed by atoms with Crippen LogP contribution >= 0.6 is 0 Å². The third-order valence-corrected chi connectivity index (χ3v) is 4.66. The van der Waals surface area contributed by atoms with E-state index < -0.39 is 11.7 Å². The molecule has 2 aromatic rings. The number of anilines is 1. The van der Waals surface area contributed by atoms with E-state index in [0.717, 1.165) is 12.4 Å². The van der Waals surface area contributed by atoms with Crippen molar-refractivity contribution < 1.29 is 17.9 Å². The van der Waals surface area contributed by atoms with Crippen LogP contribution in [-0.4, -0.2) is 39.8 Å². The highest BCUT2D eigenvalue weighted by Crippen LogP contribution is 2.29. The van der Waals surface area contributed by atoms with Crippen LogP contribution < -0.4 is 15.2 Å². The Hall–Kier alpha value is -3.27. The molecule has 1 fully saturated rings. The minimum absolute atomic E-state index is 0.115. The average molecular weight is 423 g/mol. The Balaban J connectivity index is 1.58. The van der Waals surface area contributed by atoms with E-state index in [0.29, 0.717) is 31.7 Å². The normalized spacial score (nSPS) is 16.1. The van der Waals surface area contributed by atoms with Gasteiger partial charge in [-0.2, -0.15) is 13.2 Å². The molecule has 30 heavy (non-hydrogen) atoms. The predicted octanol–water partition coefficient (Wildman–Crippen LogP) is 3.40. The first kappa shape index (κ1) is 21.4. The zero-order valence-corrected chi connectivity index (χ0v) is 16.2. The summed E-state index contributed by atoms with van der Waals surface area (Å²) in [4.78, 5) is 24.2. The Labute approximate surface area is 169 Å². The van der Waals surface area contributed by atoms with Crippen molar-refractivity contribution in [1.82, 2.24) is 14.5 Å². The summed E-state index contributed by atoms with van der Waals surface area (Å²) in [6, 6.07) is 2.60. The molecule has 0 aromatic carbocycles. The molecule has 0 spiro atoms. The Kier molecular flexibility index (Phi) is 6.46. The van der Waals surface area contributed by atoms with Gasteiger partial charge in [0.05, 0.1) is 11.6 Å². The number of hydrogen-bond donors (Lipinski definition) is 0. The summed E-state index contributed by atoms with van der Waals surface area (Å²) in [6.45, 7) is 3.01. The Morgan fingerprint density at radius 1 is 1.30 bits per heavy atom. The molecule has 0 saturated carbocycles. The van der Waals surface area contributed by atoms with Crippen LogP contribution in [0, 0.1) is 0 Å². The number of piperidine rings is 1. The lowest BCUT2D eigenvalue weighted by Crippen LogP contribution is -2.39. The molecule has 0 amide bonds. The molecule has 2 aromatic heterocycles. The fourth-order valence-electron chi connectivity index (χ4n) is 3.13. The van der Waals surface area contributed by atoms with Gasteiger partial charge in [0.2, 0.25) is 5.95 Å². The van der Waals surface area contributed by atoms with Crippen LogP contribution in [0.25, 0.3) is 10.4 Å². The van der Waals surface area contributed by atoms with Gasteiger partial charge in [0.25, 0.3) is 5.56 Å². The SMILES string of the molecule is C[C@@H](Cn1cc(OC2CCN(c3ncc(C(F)(F)F)cn3)CC2)ccc1=O)N=[N+]=[N-]. The molecule has 12 heteroatoms. The molecular weight excluding hydrogens is 403 g/mol. The molecule has 0 N–H and O–H groups in total. The van der Waals surface area contributed by atoms with E-state index in [9.17, 15) is 18.0 Å². The summed E-state index contributed by atoms with van der Waals surface area (Å²) >= 11 is 0. The number of hydrogen-bond acceptors (Lipinski definition) is 6. The van der Waals surface area contributed by atoms with E-state index in [2.05, 4.69) is 20.0 Å². The molecule has 160 valence electrons. The van der Waals surface area contributed by atoms with Gasteiger partial charge in [0, 0.05) is 62.0 Å². The van der Waals surface area contributed by atoms with Crippen molar-refractivity contribution in [1.29, 1.82) is 0 Å². The lowest BCUT2D eigenvalue weighted by atomic mass is 10.1. The lowest BCUT2D eigenvalue weighted by molar-refractivity contribution is -0.138. The second kappa shape index (κ2) is 9.04. The van der Waals surface area contributed by atoms with Crippen LogP contribution in [0.3, 0.4) is 0 Å². The molecule has 0 aliphatic carbocycles. The molecule has 0 radical (unpaired) electrons. The van der Waals surface area contributed by atoms with Gasteiger partial charge in [0.1, 0.15) is 11.9 Å². The summed E-state index contributed by atoms with van der Waals surface area (Å²) in [5.41, 5.74) is 7.39. The van der Waals surface area contributed by atoms with Crippen molar-refractivity contribution in [2.75, 3.05) is 18.0 Å². The highest BCUT2D eigenvalue weighted by atomic mass is 19.4. The molecule has 3 heterocycles. The molecule has 0 bridgehead atoms. The molecule has 3 rings (SSSR count). The number of ether oxygens (including phenoxy) is 1. The van der Waals surface area contributed by atoms with E-state index >= 15 is 0 Å². The standard InChI is InChI=1S/C18H20F3N7O2/c1-12(25-26-22)10-28-11-15(2-3-16(28)29)30-14-4-6-27(7-5-14)17-23-8-13(9-24-17)18(19,20)21/h2-3,8-9,11-12,14H,4-7,10H2,1H3/t12-/m0/s1. The number of aromatic nitrogens is 3. The smallest absolute Gasteiger partial charge is 0.419 e. The average Bonchev–Trinajstić information content (AvgIpc) is 2.71. The van der Waals surface area contributed by atoms with Crippen LogP contribution in [0.4, 0.5) is 19.1 Å². The van der Waals surface area contributed by atoms with Crippen molar-refractivity contribution in [3.63, 3.8) is 0 Å². The maximum Gasteiger partial charge on any atom is 0.419 e. The van der Waals surface area contributed by atoms with Crippen molar-refractivity contribution in [2.45, 2.75) is 44.6 Å². The second-order valence-corrected chi connectivity index (χ2v) is 6.98. The van der Waals surface area contributed by atoms with Crippen LogP contribution in [0.5, 0.6) is 5.75 Å². The Bertz CT molecular complexity index is 963. The third kappa shape index (κ3) is 5.41. The van der Waals surface area contributed by atoms with Gasteiger partial charge in [-0.05, 0) is 11.6 Å². The molecule has 9 nitrogen and oxygen atoms in total. The van der Waals surface area contributed by atoms with Crippen molar-refractivity contribution in [3.05, 3.63) is 57.1 Å². The second-order valence-electron chi connectivity index (χ2n) is 6.98. The number of halogens is 3. The van der Waals surface area contributed by atoms with Crippen LogP contribution in [0.2, 0.25) is 0 Å². The summed E-state index contributed by atoms with van der Waals surface area (Å²) in [7, 11) is 0. The van der Waals surface area contributed by atoms with Gasteiger partial charge < -0.3 is 14.2 Å². The maximum absolute atomic E-state index is 12.6. The van der Waals surface area contributed by atoms with E-state index in [1.807, 2.05) is 4.90 Å². The van der Waals surface area contributed by atoms with Gasteiger partial charge in [-0.15, -0.1) is 0 Å². The molecule has 1 aliphatic heterocycles. The highest BCUT2D eigenvalue weighted by Gasteiger charge is 2.32. The number of alkyl halides is 3. The summed E-state index contributed by atoms with van der Waals surface area (Å²) in [5.74, 6) is 0.772. The van der Waals surface area contributed by atoms with Crippen LogP contribution in [-0.2, 0) is 12.7 Å². The maximum atomic E-state index is 12.6. The van der Waals surface area contributed by atoms with E-state index in [4.69, 9.17) is 10.3 Å². The van der Waals surface area contributed by atoms with Crippen molar-refractivity contribution in [2.24, 2.45) is 5.11 Å². The Morgan fingerprint density at radius 2 is 1.97 bits per heavy atom. The topological polar surface area (TPSA) is 109 Å². The minimum Gasteiger partial charge on any atom is -0.489 e. The highest BCUT2D eigenvalue weighted by molar-refractivity contribution is 5.31. The summed E-state index contributed by atoms with van der Waals surface area (Å²) in [5, 5.41) is 3.56. The molecule has 1 saturated heterocycles. The van der Waals surface area contributed by atoms with E-state index in [1.165, 1.54) is 10.6 Å². The summed E-state index contributed by atoms with van der Waals surface area (Å²) in [6.07, 6.45) is -0.184. The zero-order chi connectivity index (χ0) is 21.7. The summed E-state index contributed by atoms with van der Waals surface area (Å²) < 4.78 is 45.3. The number of azide groups is 1.